The SMILES string of the molecule is CC(C)c1ccc(CCN(C)CCC#N)cc1. The molecule has 0 N–H and O–H groups in total. The molecule has 0 aliphatic heterocycles. The maximum atomic E-state index is 8.51. The first-order valence-electron chi connectivity index (χ1n) is 6.28. The van der Waals surface area contributed by atoms with Crippen molar-refractivity contribution in [1.82, 2.24) is 4.90 Å². The smallest absolute Gasteiger partial charge is 0.0635 e. The third-order valence-corrected chi connectivity index (χ3v) is 3.03. The Hall–Kier alpha value is -1.33. The Bertz CT molecular complexity index is 360. The Morgan fingerprint density at radius 2 is 1.82 bits per heavy atom. The van der Waals surface area contributed by atoms with E-state index in [0.29, 0.717) is 12.3 Å². The van der Waals surface area contributed by atoms with Gasteiger partial charge in [-0.1, -0.05) is 38.1 Å². The van der Waals surface area contributed by atoms with Crippen LogP contribution in [0.4, 0.5) is 0 Å². The summed E-state index contributed by atoms with van der Waals surface area (Å²) in [5.41, 5.74) is 2.77. The lowest BCUT2D eigenvalue weighted by molar-refractivity contribution is 0.346. The molecule has 2 heteroatoms. The van der Waals surface area contributed by atoms with Gasteiger partial charge in [-0.25, -0.2) is 0 Å². The van der Waals surface area contributed by atoms with Crippen molar-refractivity contribution in [1.29, 1.82) is 5.26 Å². The van der Waals surface area contributed by atoms with Crippen LogP contribution < -0.4 is 0 Å². The zero-order valence-electron chi connectivity index (χ0n) is 11.1. The van der Waals surface area contributed by atoms with Crippen LogP contribution in [0.2, 0.25) is 0 Å². The van der Waals surface area contributed by atoms with Gasteiger partial charge in [-0.05, 0) is 30.5 Å². The molecule has 0 unspecified atom stereocenters. The summed E-state index contributed by atoms with van der Waals surface area (Å²) in [5.74, 6) is 0.599. The van der Waals surface area contributed by atoms with Crippen LogP contribution >= 0.6 is 0 Å². The average molecular weight is 230 g/mol. The monoisotopic (exact) mass is 230 g/mol. The van der Waals surface area contributed by atoms with Gasteiger partial charge in [0.25, 0.3) is 0 Å². The number of hydrogen-bond acceptors (Lipinski definition) is 2. The Balaban J connectivity index is 2.39. The molecule has 0 bridgehead atoms. The summed E-state index contributed by atoms with van der Waals surface area (Å²) in [6.45, 7) is 6.30. The second-order valence-electron chi connectivity index (χ2n) is 4.86. The summed E-state index contributed by atoms with van der Waals surface area (Å²) in [4.78, 5) is 2.21. The molecule has 1 aromatic rings. The zero-order chi connectivity index (χ0) is 12.7. The predicted molar refractivity (Wildman–Crippen MR) is 72.0 cm³/mol. The molecule has 0 aliphatic rings. The number of hydrogen-bond donors (Lipinski definition) is 0. The van der Waals surface area contributed by atoms with E-state index in [1.165, 1.54) is 11.1 Å². The van der Waals surface area contributed by atoms with Crippen molar-refractivity contribution in [2.75, 3.05) is 20.1 Å². The van der Waals surface area contributed by atoms with Gasteiger partial charge in [0.15, 0.2) is 0 Å². The minimum absolute atomic E-state index is 0.599. The fraction of sp³-hybridized carbons (Fsp3) is 0.533. The summed E-state index contributed by atoms with van der Waals surface area (Å²) in [6, 6.07) is 11.0. The maximum absolute atomic E-state index is 8.51. The first-order valence-corrected chi connectivity index (χ1v) is 6.28. The van der Waals surface area contributed by atoms with Crippen LogP contribution in [0, 0.1) is 11.3 Å². The van der Waals surface area contributed by atoms with Crippen LogP contribution in [0.5, 0.6) is 0 Å². The van der Waals surface area contributed by atoms with Crippen molar-refractivity contribution in [2.45, 2.75) is 32.6 Å². The van der Waals surface area contributed by atoms with E-state index in [4.69, 9.17) is 5.26 Å². The van der Waals surface area contributed by atoms with E-state index in [1.54, 1.807) is 0 Å². The molecule has 0 aromatic heterocycles. The summed E-state index contributed by atoms with van der Waals surface area (Å²) < 4.78 is 0. The van der Waals surface area contributed by atoms with Gasteiger partial charge >= 0.3 is 0 Å². The van der Waals surface area contributed by atoms with E-state index < -0.39 is 0 Å². The summed E-state index contributed by atoms with van der Waals surface area (Å²) in [5, 5.41) is 8.51. The Labute approximate surface area is 105 Å². The number of nitrogens with zero attached hydrogens (tertiary/aromatic N) is 2. The van der Waals surface area contributed by atoms with Crippen molar-refractivity contribution in [3.8, 4) is 6.07 Å². The van der Waals surface area contributed by atoms with Crippen molar-refractivity contribution < 1.29 is 0 Å². The molecular formula is C15H22N2. The zero-order valence-corrected chi connectivity index (χ0v) is 11.1. The molecule has 0 saturated heterocycles. The van der Waals surface area contributed by atoms with Gasteiger partial charge in [-0.15, -0.1) is 0 Å². The van der Waals surface area contributed by atoms with E-state index >= 15 is 0 Å². The standard InChI is InChI=1S/C15H22N2/c1-13(2)15-7-5-14(6-8-15)9-12-17(3)11-4-10-16/h5-8,13H,4,9,11-12H2,1-3H3. The molecule has 0 spiro atoms. The van der Waals surface area contributed by atoms with Crippen molar-refractivity contribution in [3.05, 3.63) is 35.4 Å². The molecule has 1 rings (SSSR count). The molecule has 0 amide bonds. The van der Waals surface area contributed by atoms with Crippen LogP contribution in [-0.2, 0) is 6.42 Å². The highest BCUT2D eigenvalue weighted by Gasteiger charge is 2.01. The van der Waals surface area contributed by atoms with Crippen LogP contribution in [0.3, 0.4) is 0 Å². The second-order valence-corrected chi connectivity index (χ2v) is 4.86. The molecule has 2 nitrogen and oxygen atoms in total. The molecule has 0 aliphatic carbocycles. The van der Waals surface area contributed by atoms with E-state index in [2.05, 4.69) is 56.1 Å². The highest BCUT2D eigenvalue weighted by molar-refractivity contribution is 5.24. The average Bonchev–Trinajstić information content (AvgIpc) is 2.34. The topological polar surface area (TPSA) is 27.0 Å². The van der Waals surface area contributed by atoms with Gasteiger partial charge in [0, 0.05) is 19.5 Å². The van der Waals surface area contributed by atoms with E-state index in [1.807, 2.05) is 0 Å². The minimum atomic E-state index is 0.599. The van der Waals surface area contributed by atoms with Gasteiger partial charge in [-0.2, -0.15) is 5.26 Å². The molecule has 0 atom stereocenters. The van der Waals surface area contributed by atoms with Gasteiger partial charge in [-0.3, -0.25) is 0 Å². The molecule has 0 fully saturated rings. The second kappa shape index (κ2) is 7.09. The summed E-state index contributed by atoms with van der Waals surface area (Å²) in [7, 11) is 2.07. The van der Waals surface area contributed by atoms with Crippen LogP contribution in [0.25, 0.3) is 0 Å². The van der Waals surface area contributed by atoms with Gasteiger partial charge in [0.05, 0.1) is 6.07 Å². The normalized spacial score (nSPS) is 10.8. The molecule has 17 heavy (non-hydrogen) atoms. The van der Waals surface area contributed by atoms with Crippen LogP contribution in [0.15, 0.2) is 24.3 Å². The van der Waals surface area contributed by atoms with E-state index in [-0.39, 0.29) is 0 Å². The largest absolute Gasteiger partial charge is 0.305 e. The van der Waals surface area contributed by atoms with Crippen molar-refractivity contribution >= 4 is 0 Å². The highest BCUT2D eigenvalue weighted by Crippen LogP contribution is 2.14. The molecule has 92 valence electrons. The molecular weight excluding hydrogens is 208 g/mol. The molecule has 1 aromatic carbocycles. The van der Waals surface area contributed by atoms with E-state index in [0.717, 1.165) is 19.5 Å². The lowest BCUT2D eigenvalue weighted by Gasteiger charge is -2.14. The fourth-order valence-corrected chi connectivity index (χ4v) is 1.74. The Kier molecular flexibility index (Phi) is 5.72. The first kappa shape index (κ1) is 13.7. The summed E-state index contributed by atoms with van der Waals surface area (Å²) >= 11 is 0. The molecule has 0 saturated carbocycles. The third-order valence-electron chi connectivity index (χ3n) is 3.03. The van der Waals surface area contributed by atoms with Gasteiger partial charge in [0.1, 0.15) is 0 Å². The fourth-order valence-electron chi connectivity index (χ4n) is 1.74. The first-order chi connectivity index (χ1) is 8.13. The predicted octanol–water partition coefficient (Wildman–Crippen LogP) is 3.20. The number of rotatable bonds is 6. The van der Waals surface area contributed by atoms with Gasteiger partial charge < -0.3 is 4.90 Å². The van der Waals surface area contributed by atoms with Crippen molar-refractivity contribution in [2.24, 2.45) is 0 Å². The third kappa shape index (κ3) is 5.01. The Morgan fingerprint density at radius 3 is 2.35 bits per heavy atom. The Morgan fingerprint density at radius 1 is 1.18 bits per heavy atom. The van der Waals surface area contributed by atoms with Crippen LogP contribution in [-0.4, -0.2) is 25.0 Å². The molecule has 0 heterocycles. The lowest BCUT2D eigenvalue weighted by Crippen LogP contribution is -2.22. The number of nitriles is 1. The quantitative estimate of drug-likeness (QED) is 0.750. The maximum Gasteiger partial charge on any atom is 0.0635 e. The summed E-state index contributed by atoms with van der Waals surface area (Å²) in [6.07, 6.45) is 1.67. The van der Waals surface area contributed by atoms with E-state index in [9.17, 15) is 0 Å². The lowest BCUT2D eigenvalue weighted by atomic mass is 10.0. The number of benzene rings is 1. The molecule has 0 radical (unpaired) electrons. The number of likely N-dealkylation sites (N-methyl/N-ethyl adjacent to an activating group) is 1. The highest BCUT2D eigenvalue weighted by atomic mass is 15.1. The van der Waals surface area contributed by atoms with Gasteiger partial charge in [0.2, 0.25) is 0 Å². The van der Waals surface area contributed by atoms with Crippen molar-refractivity contribution in [3.63, 3.8) is 0 Å². The minimum Gasteiger partial charge on any atom is -0.305 e. The van der Waals surface area contributed by atoms with Crippen LogP contribution in [0.1, 0.15) is 37.3 Å².